The molecular weight excluding hydrogens is 600 g/mol. The van der Waals surface area contributed by atoms with Gasteiger partial charge in [0.25, 0.3) is 0 Å². The molecule has 0 N–H and O–H groups in total. The summed E-state index contributed by atoms with van der Waals surface area (Å²) in [5.74, 6) is 2.10. The number of fused-ring (bicyclic) bond motifs is 4. The van der Waals surface area contributed by atoms with Crippen LogP contribution >= 0.6 is 0 Å². The van der Waals surface area contributed by atoms with E-state index in [1.807, 2.05) is 50.0 Å². The number of nitrogens with zero attached hydrogens (tertiary/aromatic N) is 12. The van der Waals surface area contributed by atoms with E-state index in [2.05, 4.69) is 133 Å². The largest absolute Gasteiger partial charge is 0.289 e. The normalized spacial score (nSPS) is 11.2. The van der Waals surface area contributed by atoms with Gasteiger partial charge in [-0.25, -0.2) is 9.50 Å². The Hall–Kier alpha value is -5.52. The Morgan fingerprint density at radius 2 is 1.15 bits per heavy atom. The van der Waals surface area contributed by atoms with E-state index in [1.54, 1.807) is 29.8 Å². The first-order chi connectivity index (χ1) is 23.1. The predicted molar refractivity (Wildman–Crippen MR) is 188 cm³/mol. The van der Waals surface area contributed by atoms with Gasteiger partial charge in [-0.3, -0.25) is 13.2 Å². The van der Waals surface area contributed by atoms with Crippen molar-refractivity contribution in [1.82, 2.24) is 58.4 Å². The van der Waals surface area contributed by atoms with Gasteiger partial charge in [-0.1, -0.05) is 73.6 Å². The second-order valence-corrected chi connectivity index (χ2v) is 12.8. The number of hydrogen-bond acceptors (Lipinski definition) is 8. The Kier molecular flexibility index (Phi) is 10.8. The molecule has 48 heavy (non-hydrogen) atoms. The quantitative estimate of drug-likeness (QED) is 0.194. The molecule has 0 spiro atoms. The second-order valence-electron chi connectivity index (χ2n) is 12.8. The molecule has 12 nitrogen and oxygen atoms in total. The Morgan fingerprint density at radius 1 is 0.521 bits per heavy atom. The molecule has 0 saturated heterocycles. The molecule has 248 valence electrons. The maximum absolute atomic E-state index is 4.19. The Morgan fingerprint density at radius 3 is 1.85 bits per heavy atom. The van der Waals surface area contributed by atoms with Crippen molar-refractivity contribution in [3.05, 3.63) is 121 Å². The molecule has 0 bridgehead atoms. The van der Waals surface area contributed by atoms with E-state index in [0.717, 1.165) is 22.6 Å². The summed E-state index contributed by atoms with van der Waals surface area (Å²) in [6.07, 6.45) is 14.7. The van der Waals surface area contributed by atoms with Gasteiger partial charge in [0.15, 0.2) is 22.6 Å². The zero-order valence-corrected chi connectivity index (χ0v) is 28.9. The topological polar surface area (TPSA) is 121 Å². The second kappa shape index (κ2) is 15.4. The van der Waals surface area contributed by atoms with E-state index in [-0.39, 0.29) is 0 Å². The van der Waals surface area contributed by atoms with Crippen LogP contribution in [0.25, 0.3) is 22.6 Å². The minimum atomic E-state index is 0.498. The summed E-state index contributed by atoms with van der Waals surface area (Å²) in [5, 5.41) is 27.5. The van der Waals surface area contributed by atoms with E-state index in [0.29, 0.717) is 23.7 Å². The molecule has 0 aromatic carbocycles. The van der Waals surface area contributed by atoms with E-state index in [1.165, 1.54) is 22.3 Å². The first-order valence-electron chi connectivity index (χ1n) is 16.3. The molecule has 0 unspecified atom stereocenters. The fourth-order valence-corrected chi connectivity index (χ4v) is 5.02. The van der Waals surface area contributed by atoms with Gasteiger partial charge in [-0.2, -0.15) is 5.10 Å². The van der Waals surface area contributed by atoms with Crippen LogP contribution in [0.1, 0.15) is 101 Å². The molecule has 8 aromatic rings. The zero-order valence-electron chi connectivity index (χ0n) is 28.9. The fraction of sp³-hybridized carbons (Fsp3) is 0.333. The lowest BCUT2D eigenvalue weighted by Gasteiger charge is -2.04. The van der Waals surface area contributed by atoms with E-state index >= 15 is 0 Å². The standard InChI is InChI=1S/4C9H11N3/c1-7(2)8-3-4-12-6-10-11-9(12)5-8;1-7(2)8-3-4-9-11-10-6-12(9)5-8;1-7(2)8-4-3-5-12-6-10-11-9(8)12;1-7(2)8-4-3-5-12-9(8)10-6-11-12/h4*3-7H,1-2H3. The molecule has 0 fully saturated rings. The van der Waals surface area contributed by atoms with Crippen LogP contribution in [-0.4, -0.2) is 58.4 Å². The molecule has 8 aromatic heterocycles. The van der Waals surface area contributed by atoms with Crippen molar-refractivity contribution in [2.24, 2.45) is 0 Å². The van der Waals surface area contributed by atoms with Crippen molar-refractivity contribution < 1.29 is 0 Å². The summed E-state index contributed by atoms with van der Waals surface area (Å²) in [7, 11) is 0. The number of pyridine rings is 4. The highest BCUT2D eigenvalue weighted by atomic mass is 15.3. The molecule has 0 amide bonds. The van der Waals surface area contributed by atoms with Gasteiger partial charge in [0.1, 0.15) is 25.3 Å². The minimum absolute atomic E-state index is 0.498. The van der Waals surface area contributed by atoms with Crippen molar-refractivity contribution >= 4 is 22.6 Å². The molecule has 8 rings (SSSR count). The third-order valence-electron chi connectivity index (χ3n) is 7.90. The van der Waals surface area contributed by atoms with Crippen LogP contribution in [0.4, 0.5) is 0 Å². The van der Waals surface area contributed by atoms with Crippen LogP contribution < -0.4 is 0 Å². The zero-order chi connectivity index (χ0) is 34.2. The Labute approximate surface area is 280 Å². The monoisotopic (exact) mass is 644 g/mol. The third-order valence-corrected chi connectivity index (χ3v) is 7.90. The fourth-order valence-electron chi connectivity index (χ4n) is 5.02. The van der Waals surface area contributed by atoms with Crippen molar-refractivity contribution in [2.45, 2.75) is 79.1 Å². The average molecular weight is 645 g/mol. The van der Waals surface area contributed by atoms with Gasteiger partial charge in [0.2, 0.25) is 0 Å². The Balaban J connectivity index is 0.000000125. The van der Waals surface area contributed by atoms with Gasteiger partial charge in [-0.05, 0) is 76.3 Å². The number of aromatic nitrogens is 12. The van der Waals surface area contributed by atoms with Crippen molar-refractivity contribution in [2.75, 3.05) is 0 Å². The highest BCUT2D eigenvalue weighted by Crippen LogP contribution is 2.19. The summed E-state index contributed by atoms with van der Waals surface area (Å²) < 4.78 is 7.59. The highest BCUT2D eigenvalue weighted by Gasteiger charge is 2.07. The van der Waals surface area contributed by atoms with Gasteiger partial charge < -0.3 is 0 Å². The summed E-state index contributed by atoms with van der Waals surface area (Å²) in [5.41, 5.74) is 8.85. The molecule has 0 atom stereocenters. The summed E-state index contributed by atoms with van der Waals surface area (Å²) in [6, 6.07) is 16.4. The maximum Gasteiger partial charge on any atom is 0.164 e. The van der Waals surface area contributed by atoms with Crippen LogP contribution in [0.5, 0.6) is 0 Å². The SMILES string of the molecule is CC(C)c1ccc2nncn2c1.CC(C)c1cccn2cnnc12.CC(C)c1cccn2ncnc12.CC(C)c1ccn2cnnc2c1. The van der Waals surface area contributed by atoms with E-state index < -0.39 is 0 Å². The van der Waals surface area contributed by atoms with E-state index in [9.17, 15) is 0 Å². The van der Waals surface area contributed by atoms with Crippen molar-refractivity contribution in [3.8, 4) is 0 Å². The molecule has 0 saturated carbocycles. The summed E-state index contributed by atoms with van der Waals surface area (Å²) in [6.45, 7) is 17.3. The highest BCUT2D eigenvalue weighted by molar-refractivity contribution is 5.48. The molecule has 0 aliphatic heterocycles. The first-order valence-corrected chi connectivity index (χ1v) is 16.3. The van der Waals surface area contributed by atoms with Gasteiger partial charge in [-0.15, -0.1) is 30.6 Å². The van der Waals surface area contributed by atoms with Gasteiger partial charge in [0, 0.05) is 24.8 Å². The molecule has 12 heteroatoms. The van der Waals surface area contributed by atoms with Crippen LogP contribution in [0, 0.1) is 0 Å². The van der Waals surface area contributed by atoms with E-state index in [4.69, 9.17) is 0 Å². The molecule has 0 radical (unpaired) electrons. The van der Waals surface area contributed by atoms with Gasteiger partial charge >= 0.3 is 0 Å². The predicted octanol–water partition coefficient (Wildman–Crippen LogP) is 7.41. The maximum atomic E-state index is 4.19. The summed E-state index contributed by atoms with van der Waals surface area (Å²) >= 11 is 0. The van der Waals surface area contributed by atoms with Crippen LogP contribution in [-0.2, 0) is 0 Å². The van der Waals surface area contributed by atoms with Crippen LogP contribution in [0.3, 0.4) is 0 Å². The molecule has 8 heterocycles. The molecule has 0 aliphatic rings. The Bertz CT molecular complexity index is 2020. The number of rotatable bonds is 4. The lowest BCUT2D eigenvalue weighted by molar-refractivity contribution is 0.851. The van der Waals surface area contributed by atoms with Crippen LogP contribution in [0.15, 0.2) is 98.6 Å². The smallest absolute Gasteiger partial charge is 0.164 e. The third kappa shape index (κ3) is 8.06. The number of hydrogen-bond donors (Lipinski definition) is 0. The van der Waals surface area contributed by atoms with Crippen molar-refractivity contribution in [3.63, 3.8) is 0 Å². The van der Waals surface area contributed by atoms with Gasteiger partial charge in [0.05, 0.1) is 0 Å². The molecular formula is C36H44N12. The minimum Gasteiger partial charge on any atom is -0.289 e. The van der Waals surface area contributed by atoms with Crippen LogP contribution in [0.2, 0.25) is 0 Å². The first kappa shape index (κ1) is 33.8. The average Bonchev–Trinajstić information content (AvgIpc) is 3.90. The lowest BCUT2D eigenvalue weighted by atomic mass is 10.1. The molecule has 0 aliphatic carbocycles. The summed E-state index contributed by atoms with van der Waals surface area (Å²) in [4.78, 5) is 4.19. The van der Waals surface area contributed by atoms with Crippen molar-refractivity contribution in [1.29, 1.82) is 0 Å². The lowest BCUT2D eigenvalue weighted by Crippen LogP contribution is -1.94.